The number of aromatic amines is 1. The van der Waals surface area contributed by atoms with Crippen molar-refractivity contribution in [1.82, 2.24) is 4.98 Å². The van der Waals surface area contributed by atoms with Crippen LogP contribution in [0.3, 0.4) is 0 Å². The fraction of sp³-hybridized carbons (Fsp3) is 0. The number of hydrogen-bond donors (Lipinski definition) is 1. The van der Waals surface area contributed by atoms with Gasteiger partial charge in [-0.15, -0.1) is 0 Å². The van der Waals surface area contributed by atoms with Crippen LogP contribution in [0, 0.1) is 0 Å². The van der Waals surface area contributed by atoms with Gasteiger partial charge in [0.2, 0.25) is 11.6 Å². The summed E-state index contributed by atoms with van der Waals surface area (Å²) in [5, 5.41) is 1.08. The molecule has 100 valence electrons. The summed E-state index contributed by atoms with van der Waals surface area (Å²) in [5.74, 6) is -0.859. The molecular formula is C18H11NO2. The molecule has 2 aromatic carbocycles. The SMILES string of the molecule is O=C1C(=O)c2ccccc2C1=Cc1cc2ccccc2[nH]1. The number of carbonyl (C=O) groups is 2. The number of aromatic nitrogens is 1. The first-order chi connectivity index (χ1) is 10.2. The molecule has 4 rings (SSSR count). The van der Waals surface area contributed by atoms with E-state index in [9.17, 15) is 9.59 Å². The number of para-hydroxylation sites is 1. The van der Waals surface area contributed by atoms with Crippen molar-refractivity contribution in [3.8, 4) is 0 Å². The molecule has 0 radical (unpaired) electrons. The summed E-state index contributed by atoms with van der Waals surface area (Å²) in [6, 6.07) is 17.0. The normalized spacial score (nSPS) is 15.9. The molecule has 0 fully saturated rings. The first kappa shape index (κ1) is 11.9. The smallest absolute Gasteiger partial charge is 0.234 e. The zero-order valence-electron chi connectivity index (χ0n) is 11.1. The van der Waals surface area contributed by atoms with Gasteiger partial charge in [-0.25, -0.2) is 0 Å². The second-order valence-corrected chi connectivity index (χ2v) is 5.07. The summed E-state index contributed by atoms with van der Waals surface area (Å²) in [7, 11) is 0. The summed E-state index contributed by atoms with van der Waals surface area (Å²) >= 11 is 0. The van der Waals surface area contributed by atoms with E-state index in [1.165, 1.54) is 0 Å². The fourth-order valence-corrected chi connectivity index (χ4v) is 2.76. The van der Waals surface area contributed by atoms with E-state index in [-0.39, 0.29) is 0 Å². The molecule has 3 nitrogen and oxygen atoms in total. The highest BCUT2D eigenvalue weighted by Crippen LogP contribution is 2.31. The van der Waals surface area contributed by atoms with E-state index in [4.69, 9.17) is 0 Å². The second-order valence-electron chi connectivity index (χ2n) is 5.07. The lowest BCUT2D eigenvalue weighted by atomic mass is 10.1. The van der Waals surface area contributed by atoms with E-state index < -0.39 is 11.6 Å². The minimum Gasteiger partial charge on any atom is -0.355 e. The van der Waals surface area contributed by atoms with Gasteiger partial charge in [0.05, 0.1) is 0 Å². The van der Waals surface area contributed by atoms with Crippen molar-refractivity contribution in [3.05, 3.63) is 71.4 Å². The van der Waals surface area contributed by atoms with Crippen molar-refractivity contribution in [2.24, 2.45) is 0 Å². The Morgan fingerprint density at radius 2 is 1.52 bits per heavy atom. The molecule has 3 heteroatoms. The van der Waals surface area contributed by atoms with Gasteiger partial charge in [-0.1, -0.05) is 42.5 Å². The lowest BCUT2D eigenvalue weighted by Crippen LogP contribution is -2.05. The number of Topliss-reactive ketones (excluding diaryl/α,β-unsaturated/α-hetero) is 2. The Kier molecular flexibility index (Phi) is 2.42. The number of benzene rings is 2. The van der Waals surface area contributed by atoms with Crippen LogP contribution in [0.25, 0.3) is 22.6 Å². The molecule has 1 aliphatic rings. The van der Waals surface area contributed by atoms with Gasteiger partial charge >= 0.3 is 0 Å². The minimum absolute atomic E-state index is 0.423. The summed E-state index contributed by atoms with van der Waals surface area (Å²) in [5.41, 5.74) is 3.50. The molecule has 0 bridgehead atoms. The Hall–Kier alpha value is -2.94. The van der Waals surface area contributed by atoms with Gasteiger partial charge in [0.25, 0.3) is 0 Å². The lowest BCUT2D eigenvalue weighted by molar-refractivity contribution is -0.109. The number of carbonyl (C=O) groups excluding carboxylic acids is 2. The molecule has 0 aliphatic heterocycles. The molecule has 0 amide bonds. The van der Waals surface area contributed by atoms with Crippen LogP contribution in [0.4, 0.5) is 0 Å². The molecule has 3 aromatic rings. The van der Waals surface area contributed by atoms with Crippen LogP contribution >= 0.6 is 0 Å². The Balaban J connectivity index is 1.89. The molecule has 0 spiro atoms. The number of fused-ring (bicyclic) bond motifs is 2. The first-order valence-corrected chi connectivity index (χ1v) is 6.72. The van der Waals surface area contributed by atoms with Crippen LogP contribution in [0.5, 0.6) is 0 Å². The highest BCUT2D eigenvalue weighted by Gasteiger charge is 2.32. The van der Waals surface area contributed by atoms with Crippen molar-refractivity contribution in [2.75, 3.05) is 0 Å². The number of hydrogen-bond acceptors (Lipinski definition) is 2. The standard InChI is InChI=1S/C18H11NO2/c20-17-14-7-3-2-6-13(14)15(18(17)21)10-12-9-11-5-1-4-8-16(11)19-12/h1-10,19H. The summed E-state index contributed by atoms with van der Waals surface area (Å²) in [4.78, 5) is 27.4. The third-order valence-corrected chi connectivity index (χ3v) is 3.76. The van der Waals surface area contributed by atoms with E-state index >= 15 is 0 Å². The van der Waals surface area contributed by atoms with Crippen molar-refractivity contribution in [3.63, 3.8) is 0 Å². The maximum absolute atomic E-state index is 12.2. The maximum atomic E-state index is 12.2. The molecule has 0 unspecified atom stereocenters. The van der Waals surface area contributed by atoms with Gasteiger partial charge in [-0.2, -0.15) is 0 Å². The van der Waals surface area contributed by atoms with Gasteiger partial charge in [0, 0.05) is 22.3 Å². The summed E-state index contributed by atoms with van der Waals surface area (Å²) < 4.78 is 0. The largest absolute Gasteiger partial charge is 0.355 e. The van der Waals surface area contributed by atoms with Crippen LogP contribution in [0.15, 0.2) is 54.6 Å². The monoisotopic (exact) mass is 273 g/mol. The van der Waals surface area contributed by atoms with Gasteiger partial charge in [-0.05, 0) is 29.2 Å². The zero-order chi connectivity index (χ0) is 14.4. The van der Waals surface area contributed by atoms with Crippen LogP contribution in [0.2, 0.25) is 0 Å². The average molecular weight is 273 g/mol. The molecule has 0 saturated heterocycles. The van der Waals surface area contributed by atoms with E-state index in [2.05, 4.69) is 4.98 Å². The maximum Gasteiger partial charge on any atom is 0.234 e. The van der Waals surface area contributed by atoms with Crippen molar-refractivity contribution < 1.29 is 9.59 Å². The highest BCUT2D eigenvalue weighted by molar-refractivity contribution is 6.64. The van der Waals surface area contributed by atoms with Crippen molar-refractivity contribution in [2.45, 2.75) is 0 Å². The predicted octanol–water partition coefficient (Wildman–Crippen LogP) is 3.47. The Labute approximate surface area is 120 Å². The van der Waals surface area contributed by atoms with Crippen LogP contribution in [0.1, 0.15) is 21.6 Å². The number of H-pyrrole nitrogens is 1. The van der Waals surface area contributed by atoms with E-state index in [0.29, 0.717) is 16.7 Å². The number of rotatable bonds is 1. The zero-order valence-corrected chi connectivity index (χ0v) is 11.1. The molecule has 0 atom stereocenters. The van der Waals surface area contributed by atoms with E-state index in [1.807, 2.05) is 42.5 Å². The topological polar surface area (TPSA) is 49.9 Å². The third-order valence-electron chi connectivity index (χ3n) is 3.76. The van der Waals surface area contributed by atoms with Crippen LogP contribution in [-0.2, 0) is 4.79 Å². The average Bonchev–Trinajstić information content (AvgIpc) is 3.02. The minimum atomic E-state index is -0.435. The first-order valence-electron chi connectivity index (χ1n) is 6.72. The van der Waals surface area contributed by atoms with Crippen molar-refractivity contribution in [1.29, 1.82) is 0 Å². The molecule has 1 aliphatic carbocycles. The molecule has 1 aromatic heterocycles. The number of ketones is 2. The van der Waals surface area contributed by atoms with Gasteiger partial charge < -0.3 is 4.98 Å². The summed E-state index contributed by atoms with van der Waals surface area (Å²) in [6.07, 6.45) is 1.76. The van der Waals surface area contributed by atoms with Gasteiger partial charge in [0.15, 0.2) is 0 Å². The molecule has 21 heavy (non-hydrogen) atoms. The van der Waals surface area contributed by atoms with E-state index in [1.54, 1.807) is 18.2 Å². The second kappa shape index (κ2) is 4.28. The molecule has 0 saturated carbocycles. The van der Waals surface area contributed by atoms with Crippen molar-refractivity contribution >= 4 is 34.1 Å². The Morgan fingerprint density at radius 3 is 2.33 bits per heavy atom. The fourth-order valence-electron chi connectivity index (χ4n) is 2.76. The van der Waals surface area contributed by atoms with E-state index in [0.717, 1.165) is 16.6 Å². The molecule has 1 heterocycles. The molecule has 1 N–H and O–H groups in total. The number of nitrogens with one attached hydrogen (secondary N) is 1. The third kappa shape index (κ3) is 1.75. The summed E-state index contributed by atoms with van der Waals surface area (Å²) in [6.45, 7) is 0. The molecular weight excluding hydrogens is 262 g/mol. The van der Waals surface area contributed by atoms with Crippen LogP contribution in [-0.4, -0.2) is 16.6 Å². The highest BCUT2D eigenvalue weighted by atomic mass is 16.2. The quantitative estimate of drug-likeness (QED) is 0.545. The predicted molar refractivity (Wildman–Crippen MR) is 81.9 cm³/mol. The number of allylic oxidation sites excluding steroid dienone is 1. The van der Waals surface area contributed by atoms with Gasteiger partial charge in [0.1, 0.15) is 0 Å². The Bertz CT molecular complexity index is 898. The lowest BCUT2D eigenvalue weighted by Gasteiger charge is -1.96. The van der Waals surface area contributed by atoms with Crippen LogP contribution < -0.4 is 0 Å². The Morgan fingerprint density at radius 1 is 0.810 bits per heavy atom. The van der Waals surface area contributed by atoms with Gasteiger partial charge in [-0.3, -0.25) is 9.59 Å².